The largest absolute Gasteiger partial charge is 0.505 e. The Morgan fingerprint density at radius 2 is 2.07 bits per heavy atom. The first-order valence-corrected chi connectivity index (χ1v) is 5.18. The minimum atomic E-state index is -1.21. The van der Waals surface area contributed by atoms with E-state index in [2.05, 4.69) is 15.9 Å². The van der Waals surface area contributed by atoms with E-state index in [-0.39, 0.29) is 0 Å². The molecular formula is C10H9BrF2O. The highest BCUT2D eigenvalue weighted by Crippen LogP contribution is 2.21. The molecule has 0 aliphatic heterocycles. The first kappa shape index (κ1) is 11.2. The SMILES string of the molecule is Oc1cc(C=CCCBr)cc(F)c1F. The lowest BCUT2D eigenvalue weighted by molar-refractivity contribution is 0.407. The molecule has 0 atom stereocenters. The van der Waals surface area contributed by atoms with E-state index in [0.29, 0.717) is 5.56 Å². The third kappa shape index (κ3) is 2.80. The van der Waals surface area contributed by atoms with Crippen LogP contribution in [0.25, 0.3) is 6.08 Å². The zero-order chi connectivity index (χ0) is 10.6. The fraction of sp³-hybridized carbons (Fsp3) is 0.200. The van der Waals surface area contributed by atoms with Crippen molar-refractivity contribution in [2.45, 2.75) is 6.42 Å². The second kappa shape index (κ2) is 5.10. The lowest BCUT2D eigenvalue weighted by atomic mass is 10.2. The Morgan fingerprint density at radius 3 is 2.64 bits per heavy atom. The third-order valence-corrected chi connectivity index (χ3v) is 2.08. The number of allylic oxidation sites excluding steroid dienone is 1. The molecule has 0 aliphatic carbocycles. The van der Waals surface area contributed by atoms with Gasteiger partial charge in [0.1, 0.15) is 0 Å². The average Bonchev–Trinajstić information content (AvgIpc) is 2.14. The molecule has 4 heteroatoms. The Kier molecular flexibility index (Phi) is 4.07. The number of phenolic OH excluding ortho intramolecular Hbond substituents is 1. The van der Waals surface area contributed by atoms with Gasteiger partial charge in [-0.05, 0) is 24.1 Å². The van der Waals surface area contributed by atoms with Gasteiger partial charge in [-0.3, -0.25) is 0 Å². The summed E-state index contributed by atoms with van der Waals surface area (Å²) in [6.07, 6.45) is 4.23. The summed E-state index contributed by atoms with van der Waals surface area (Å²) >= 11 is 3.23. The quantitative estimate of drug-likeness (QED) is 0.828. The minimum Gasteiger partial charge on any atom is -0.505 e. The molecule has 0 spiro atoms. The lowest BCUT2D eigenvalue weighted by Gasteiger charge is -1.99. The predicted molar refractivity (Wildman–Crippen MR) is 55.5 cm³/mol. The fourth-order valence-corrected chi connectivity index (χ4v) is 1.24. The summed E-state index contributed by atoms with van der Waals surface area (Å²) in [6.45, 7) is 0. The van der Waals surface area contributed by atoms with Gasteiger partial charge in [-0.2, -0.15) is 4.39 Å². The van der Waals surface area contributed by atoms with Gasteiger partial charge in [0.05, 0.1) is 0 Å². The van der Waals surface area contributed by atoms with Crippen molar-refractivity contribution < 1.29 is 13.9 Å². The number of hydrogen-bond donors (Lipinski definition) is 1. The molecule has 0 bridgehead atoms. The predicted octanol–water partition coefficient (Wildman–Crippen LogP) is 3.47. The van der Waals surface area contributed by atoms with Gasteiger partial charge in [-0.15, -0.1) is 0 Å². The molecule has 1 aromatic carbocycles. The van der Waals surface area contributed by atoms with Gasteiger partial charge < -0.3 is 5.11 Å². The molecule has 76 valence electrons. The first-order chi connectivity index (χ1) is 6.65. The maximum atomic E-state index is 12.8. The van der Waals surface area contributed by atoms with Crippen molar-refractivity contribution in [1.82, 2.24) is 0 Å². The average molecular weight is 263 g/mol. The summed E-state index contributed by atoms with van der Waals surface area (Å²) < 4.78 is 25.4. The van der Waals surface area contributed by atoms with Crippen LogP contribution in [0, 0.1) is 11.6 Å². The Labute approximate surface area is 89.2 Å². The molecule has 0 fully saturated rings. The van der Waals surface area contributed by atoms with Crippen molar-refractivity contribution in [3.63, 3.8) is 0 Å². The number of hydrogen-bond acceptors (Lipinski definition) is 1. The highest BCUT2D eigenvalue weighted by atomic mass is 79.9. The molecule has 1 rings (SSSR count). The topological polar surface area (TPSA) is 20.2 Å². The molecule has 1 nitrogen and oxygen atoms in total. The summed E-state index contributed by atoms with van der Waals surface area (Å²) in [6, 6.07) is 2.23. The van der Waals surface area contributed by atoms with Crippen molar-refractivity contribution in [2.75, 3.05) is 5.33 Å². The van der Waals surface area contributed by atoms with Crippen molar-refractivity contribution >= 4 is 22.0 Å². The van der Waals surface area contributed by atoms with Crippen LogP contribution in [0.2, 0.25) is 0 Å². The van der Waals surface area contributed by atoms with E-state index in [1.807, 2.05) is 0 Å². The molecule has 1 aromatic rings. The maximum absolute atomic E-state index is 12.8. The molecule has 0 aliphatic rings. The van der Waals surface area contributed by atoms with Gasteiger partial charge in [0.2, 0.25) is 0 Å². The van der Waals surface area contributed by atoms with Crippen LogP contribution in [-0.2, 0) is 0 Å². The van der Waals surface area contributed by atoms with E-state index in [9.17, 15) is 8.78 Å². The number of phenols is 1. The van der Waals surface area contributed by atoms with Gasteiger partial charge in [0.15, 0.2) is 17.4 Å². The van der Waals surface area contributed by atoms with E-state index >= 15 is 0 Å². The molecule has 14 heavy (non-hydrogen) atoms. The molecule has 0 aromatic heterocycles. The molecular weight excluding hydrogens is 254 g/mol. The van der Waals surface area contributed by atoms with E-state index in [1.54, 1.807) is 12.2 Å². The molecule has 0 amide bonds. The van der Waals surface area contributed by atoms with Crippen LogP contribution in [0.4, 0.5) is 8.78 Å². The number of aromatic hydroxyl groups is 1. The highest BCUT2D eigenvalue weighted by molar-refractivity contribution is 9.09. The Morgan fingerprint density at radius 1 is 1.36 bits per heavy atom. The molecule has 0 saturated carbocycles. The number of benzene rings is 1. The van der Waals surface area contributed by atoms with E-state index < -0.39 is 17.4 Å². The number of halogens is 3. The Bertz CT molecular complexity index is 327. The lowest BCUT2D eigenvalue weighted by Crippen LogP contribution is -1.86. The fourth-order valence-electron chi connectivity index (χ4n) is 0.974. The number of rotatable bonds is 3. The van der Waals surface area contributed by atoms with Crippen LogP contribution in [0.3, 0.4) is 0 Å². The maximum Gasteiger partial charge on any atom is 0.200 e. The zero-order valence-corrected chi connectivity index (χ0v) is 8.89. The highest BCUT2D eigenvalue weighted by Gasteiger charge is 2.07. The second-order valence-corrected chi connectivity index (χ2v) is 3.51. The van der Waals surface area contributed by atoms with E-state index in [4.69, 9.17) is 5.11 Å². The third-order valence-electron chi connectivity index (χ3n) is 1.62. The van der Waals surface area contributed by atoms with Gasteiger partial charge in [-0.1, -0.05) is 28.1 Å². The standard InChI is InChI=1S/C10H9BrF2O/c11-4-2-1-3-7-5-8(12)10(13)9(14)6-7/h1,3,5-6,14H,2,4H2. The van der Waals surface area contributed by atoms with E-state index in [1.165, 1.54) is 6.07 Å². The zero-order valence-electron chi connectivity index (χ0n) is 7.30. The van der Waals surface area contributed by atoms with E-state index in [0.717, 1.165) is 17.8 Å². The van der Waals surface area contributed by atoms with Gasteiger partial charge >= 0.3 is 0 Å². The van der Waals surface area contributed by atoms with Gasteiger partial charge in [0.25, 0.3) is 0 Å². The monoisotopic (exact) mass is 262 g/mol. The molecule has 0 radical (unpaired) electrons. The van der Waals surface area contributed by atoms with Crippen LogP contribution in [0.15, 0.2) is 18.2 Å². The smallest absolute Gasteiger partial charge is 0.200 e. The van der Waals surface area contributed by atoms with Crippen LogP contribution < -0.4 is 0 Å². The summed E-state index contributed by atoms with van der Waals surface area (Å²) in [5, 5.41) is 9.78. The van der Waals surface area contributed by atoms with Crippen LogP contribution in [0.1, 0.15) is 12.0 Å². The summed E-state index contributed by atoms with van der Waals surface area (Å²) in [5.74, 6) is -2.91. The summed E-state index contributed by atoms with van der Waals surface area (Å²) in [7, 11) is 0. The summed E-state index contributed by atoms with van der Waals surface area (Å²) in [4.78, 5) is 0. The first-order valence-electron chi connectivity index (χ1n) is 4.05. The van der Waals surface area contributed by atoms with Crippen LogP contribution in [-0.4, -0.2) is 10.4 Å². The van der Waals surface area contributed by atoms with Crippen molar-refractivity contribution in [2.24, 2.45) is 0 Å². The second-order valence-electron chi connectivity index (χ2n) is 2.72. The van der Waals surface area contributed by atoms with Crippen LogP contribution in [0.5, 0.6) is 5.75 Å². The van der Waals surface area contributed by atoms with Crippen LogP contribution >= 0.6 is 15.9 Å². The van der Waals surface area contributed by atoms with Crippen molar-refractivity contribution in [1.29, 1.82) is 0 Å². The van der Waals surface area contributed by atoms with Crippen molar-refractivity contribution in [3.8, 4) is 5.75 Å². The summed E-state index contributed by atoms with van der Waals surface area (Å²) in [5.41, 5.74) is 0.447. The Balaban J connectivity index is 2.89. The molecule has 0 unspecified atom stereocenters. The Hall–Kier alpha value is -0.900. The molecule has 0 saturated heterocycles. The molecule has 1 N–H and O–H groups in total. The van der Waals surface area contributed by atoms with Gasteiger partial charge in [0, 0.05) is 5.33 Å². The number of alkyl halides is 1. The minimum absolute atomic E-state index is 0.447. The van der Waals surface area contributed by atoms with Crippen molar-refractivity contribution in [3.05, 3.63) is 35.4 Å². The molecule has 0 heterocycles. The van der Waals surface area contributed by atoms with Gasteiger partial charge in [-0.25, -0.2) is 4.39 Å². The normalized spacial score (nSPS) is 11.1.